The van der Waals surface area contributed by atoms with Gasteiger partial charge in [-0.2, -0.15) is 5.21 Å². The number of nitrogens with one attached hydrogen (secondary N) is 1. The SMILES string of the molecule is CC#CCn1nc(/C=C/CC)n(Cc2ccc(-c3ccccc3-c3nn[nH]n3)cc2)c1=O. The zero-order valence-corrected chi connectivity index (χ0v) is 18.0. The lowest BCUT2D eigenvalue weighted by molar-refractivity contribution is 0.657. The van der Waals surface area contributed by atoms with E-state index >= 15 is 0 Å². The summed E-state index contributed by atoms with van der Waals surface area (Å²) in [4.78, 5) is 12.9. The van der Waals surface area contributed by atoms with Crippen molar-refractivity contribution >= 4 is 6.08 Å². The van der Waals surface area contributed by atoms with E-state index in [0.29, 0.717) is 18.2 Å². The number of tetrazole rings is 1. The highest BCUT2D eigenvalue weighted by Crippen LogP contribution is 2.29. The number of hydrogen-bond acceptors (Lipinski definition) is 5. The third-order valence-corrected chi connectivity index (χ3v) is 4.98. The zero-order valence-electron chi connectivity index (χ0n) is 18.0. The minimum atomic E-state index is -0.171. The van der Waals surface area contributed by atoms with Crippen molar-refractivity contribution in [1.29, 1.82) is 0 Å². The fourth-order valence-corrected chi connectivity index (χ4v) is 3.39. The predicted molar refractivity (Wildman–Crippen MR) is 123 cm³/mol. The average molecular weight is 425 g/mol. The van der Waals surface area contributed by atoms with E-state index in [1.54, 1.807) is 11.5 Å². The summed E-state index contributed by atoms with van der Waals surface area (Å²) in [6.07, 6.45) is 4.74. The van der Waals surface area contributed by atoms with Crippen LogP contribution in [0.3, 0.4) is 0 Å². The number of aromatic amines is 1. The number of rotatable bonds is 7. The molecule has 8 heteroatoms. The maximum atomic E-state index is 12.9. The first-order valence-corrected chi connectivity index (χ1v) is 10.4. The lowest BCUT2D eigenvalue weighted by Gasteiger charge is -2.09. The van der Waals surface area contributed by atoms with Crippen molar-refractivity contribution in [2.75, 3.05) is 0 Å². The maximum Gasteiger partial charge on any atom is 0.347 e. The molecule has 2 aromatic heterocycles. The lowest BCUT2D eigenvalue weighted by Crippen LogP contribution is -2.25. The Bertz CT molecular complexity index is 1330. The van der Waals surface area contributed by atoms with Crippen LogP contribution in [0.5, 0.6) is 0 Å². The van der Waals surface area contributed by atoms with Crippen LogP contribution >= 0.6 is 0 Å². The molecule has 0 amide bonds. The van der Waals surface area contributed by atoms with Gasteiger partial charge in [0.1, 0.15) is 6.54 Å². The molecule has 1 N–H and O–H groups in total. The quantitative estimate of drug-likeness (QED) is 0.458. The number of allylic oxidation sites excluding steroid dienone is 1. The Hall–Kier alpha value is -4.25. The van der Waals surface area contributed by atoms with Crippen LogP contribution < -0.4 is 5.69 Å². The van der Waals surface area contributed by atoms with E-state index < -0.39 is 0 Å². The molecular weight excluding hydrogens is 402 g/mol. The second-order valence-corrected chi connectivity index (χ2v) is 7.10. The number of nitrogens with zero attached hydrogens (tertiary/aromatic N) is 6. The van der Waals surface area contributed by atoms with Gasteiger partial charge < -0.3 is 0 Å². The van der Waals surface area contributed by atoms with Crippen molar-refractivity contribution < 1.29 is 0 Å². The second-order valence-electron chi connectivity index (χ2n) is 7.10. The van der Waals surface area contributed by atoms with Crippen LogP contribution in [0.15, 0.2) is 59.4 Å². The number of aromatic nitrogens is 7. The van der Waals surface area contributed by atoms with Crippen molar-refractivity contribution in [3.63, 3.8) is 0 Å². The van der Waals surface area contributed by atoms with E-state index in [-0.39, 0.29) is 12.2 Å². The Labute approximate surface area is 185 Å². The molecule has 0 aliphatic heterocycles. The Balaban J connectivity index is 1.64. The molecule has 0 unspecified atom stereocenters. The van der Waals surface area contributed by atoms with Gasteiger partial charge in [-0.1, -0.05) is 67.5 Å². The molecule has 160 valence electrons. The van der Waals surface area contributed by atoms with Gasteiger partial charge in [0.15, 0.2) is 5.82 Å². The molecule has 4 aromatic rings. The first-order chi connectivity index (χ1) is 15.7. The Kier molecular flexibility index (Phi) is 6.37. The summed E-state index contributed by atoms with van der Waals surface area (Å²) < 4.78 is 3.08. The Morgan fingerprint density at radius 3 is 2.56 bits per heavy atom. The smallest absolute Gasteiger partial charge is 0.271 e. The van der Waals surface area contributed by atoms with Crippen LogP contribution in [0, 0.1) is 11.8 Å². The van der Waals surface area contributed by atoms with Crippen LogP contribution in [-0.4, -0.2) is 35.0 Å². The van der Waals surface area contributed by atoms with Gasteiger partial charge in [-0.25, -0.2) is 9.48 Å². The fraction of sp³-hybridized carbons (Fsp3) is 0.208. The van der Waals surface area contributed by atoms with Crippen molar-refractivity contribution in [1.82, 2.24) is 35.0 Å². The fourth-order valence-electron chi connectivity index (χ4n) is 3.39. The summed E-state index contributed by atoms with van der Waals surface area (Å²) in [6, 6.07) is 16.0. The molecule has 0 saturated heterocycles. The molecule has 0 spiro atoms. The zero-order chi connectivity index (χ0) is 22.3. The van der Waals surface area contributed by atoms with Crippen molar-refractivity contribution in [2.45, 2.75) is 33.4 Å². The lowest BCUT2D eigenvalue weighted by atomic mass is 9.98. The summed E-state index contributed by atoms with van der Waals surface area (Å²) in [7, 11) is 0. The number of H-pyrrole nitrogens is 1. The van der Waals surface area contributed by atoms with Gasteiger partial charge in [-0.05, 0) is 41.3 Å². The highest BCUT2D eigenvalue weighted by Gasteiger charge is 2.13. The second kappa shape index (κ2) is 9.71. The topological polar surface area (TPSA) is 94.3 Å². The van der Waals surface area contributed by atoms with Crippen LogP contribution in [0.1, 0.15) is 31.7 Å². The molecule has 0 bridgehead atoms. The highest BCUT2D eigenvalue weighted by molar-refractivity contribution is 5.80. The normalized spacial score (nSPS) is 10.9. The molecule has 0 aliphatic rings. The third-order valence-electron chi connectivity index (χ3n) is 4.98. The van der Waals surface area contributed by atoms with Gasteiger partial charge >= 0.3 is 5.69 Å². The molecule has 32 heavy (non-hydrogen) atoms. The first kappa shape index (κ1) is 21.0. The standard InChI is InChI=1S/C24H23N7O/c1-3-5-11-22-27-31(16-6-4-2)24(32)30(22)17-18-12-14-19(15-13-18)20-9-7-8-10-21(20)23-25-28-29-26-23/h5,7-15H,3,16-17H2,1-2H3,(H,25,26,28,29)/b11-5+. The van der Waals surface area contributed by atoms with E-state index in [9.17, 15) is 4.79 Å². The van der Waals surface area contributed by atoms with Gasteiger partial charge in [0.25, 0.3) is 0 Å². The van der Waals surface area contributed by atoms with Crippen LogP contribution in [-0.2, 0) is 13.1 Å². The van der Waals surface area contributed by atoms with Crippen LogP contribution in [0.2, 0.25) is 0 Å². The van der Waals surface area contributed by atoms with E-state index in [1.165, 1.54) is 4.68 Å². The van der Waals surface area contributed by atoms with Gasteiger partial charge in [0.05, 0.1) is 6.54 Å². The van der Waals surface area contributed by atoms with E-state index in [2.05, 4.69) is 37.6 Å². The number of benzene rings is 2. The minimum Gasteiger partial charge on any atom is -0.271 e. The first-order valence-electron chi connectivity index (χ1n) is 10.4. The van der Waals surface area contributed by atoms with Crippen molar-refractivity contribution in [2.24, 2.45) is 0 Å². The Morgan fingerprint density at radius 2 is 1.88 bits per heavy atom. The summed E-state index contributed by atoms with van der Waals surface area (Å²) in [5, 5.41) is 18.8. The summed E-state index contributed by atoms with van der Waals surface area (Å²) in [5.74, 6) is 6.89. The molecule has 0 aliphatic carbocycles. The summed E-state index contributed by atoms with van der Waals surface area (Å²) in [6.45, 7) is 4.50. The van der Waals surface area contributed by atoms with E-state index in [4.69, 9.17) is 0 Å². The summed E-state index contributed by atoms with van der Waals surface area (Å²) >= 11 is 0. The van der Waals surface area contributed by atoms with Crippen molar-refractivity contribution in [3.05, 3.63) is 76.5 Å². The number of hydrogen-bond donors (Lipinski definition) is 1. The molecule has 4 rings (SSSR count). The third kappa shape index (κ3) is 4.42. The molecule has 0 saturated carbocycles. The summed E-state index contributed by atoms with van der Waals surface area (Å²) in [5.41, 5.74) is 3.77. The average Bonchev–Trinajstić information content (AvgIpc) is 3.46. The highest BCUT2D eigenvalue weighted by atomic mass is 16.2. The monoisotopic (exact) mass is 425 g/mol. The molecule has 0 atom stereocenters. The van der Waals surface area contributed by atoms with Crippen LogP contribution in [0.25, 0.3) is 28.6 Å². The van der Waals surface area contributed by atoms with Gasteiger partial charge in [0.2, 0.25) is 5.82 Å². The molecule has 8 nitrogen and oxygen atoms in total. The van der Waals surface area contributed by atoms with Gasteiger partial charge in [-0.15, -0.1) is 21.2 Å². The van der Waals surface area contributed by atoms with Crippen LogP contribution in [0.4, 0.5) is 0 Å². The largest absolute Gasteiger partial charge is 0.347 e. The molecule has 2 heterocycles. The van der Waals surface area contributed by atoms with Gasteiger partial charge in [-0.3, -0.25) is 4.57 Å². The van der Waals surface area contributed by atoms with Gasteiger partial charge in [0, 0.05) is 5.56 Å². The van der Waals surface area contributed by atoms with Crippen molar-refractivity contribution in [3.8, 4) is 34.4 Å². The molecule has 2 aromatic carbocycles. The Morgan fingerprint density at radius 1 is 1.09 bits per heavy atom. The molecule has 0 radical (unpaired) electrons. The predicted octanol–water partition coefficient (Wildman–Crippen LogP) is 3.39. The van der Waals surface area contributed by atoms with E-state index in [0.717, 1.165) is 28.7 Å². The minimum absolute atomic E-state index is 0.171. The maximum absolute atomic E-state index is 12.9. The van der Waals surface area contributed by atoms with E-state index in [1.807, 2.05) is 67.6 Å². The molecule has 0 fully saturated rings. The molecular formula is C24H23N7O.